The molecule has 3 fully saturated rings. The topological polar surface area (TPSA) is 88.1 Å². The smallest absolute Gasteiger partial charge is 0.490 e. The van der Waals surface area contributed by atoms with E-state index >= 15 is 0 Å². The van der Waals surface area contributed by atoms with Gasteiger partial charge in [0.25, 0.3) is 0 Å². The van der Waals surface area contributed by atoms with E-state index < -0.39 is 41.4 Å². The van der Waals surface area contributed by atoms with Crippen LogP contribution in [0.5, 0.6) is 11.5 Å². The zero-order valence-electron chi connectivity index (χ0n) is 19.6. The molecule has 2 aliphatic heterocycles. The number of hydrogen-bond acceptors (Lipinski definition) is 6. The SMILES string of the molecule is CCCO[C@@]12CCC(OC(=O)C(F)(F)F)C3Oc4c(O)ccc5c4[C@@]31CC[N+]([O-])(CC1CC1)[C@@H]2C5. The Morgan fingerprint density at radius 1 is 1.29 bits per heavy atom. The number of phenolic OH excluding ortho intramolecular Hbond substituents is 1. The number of esters is 1. The summed E-state index contributed by atoms with van der Waals surface area (Å²) in [5.41, 5.74) is -0.368. The molecule has 6 rings (SSSR count). The second-order valence-corrected chi connectivity index (χ2v) is 10.9. The number of likely N-dealkylation sites (tertiary alicyclic amines) is 1. The Bertz CT molecular complexity index is 1060. The molecule has 3 aliphatic carbocycles. The molecule has 2 saturated carbocycles. The third-order valence-corrected chi connectivity index (χ3v) is 9.01. The van der Waals surface area contributed by atoms with E-state index in [1.165, 1.54) is 6.07 Å². The minimum Gasteiger partial charge on any atom is -0.632 e. The summed E-state index contributed by atoms with van der Waals surface area (Å²) in [6.07, 6.45) is -3.32. The van der Waals surface area contributed by atoms with Crippen molar-refractivity contribution < 1.29 is 41.9 Å². The van der Waals surface area contributed by atoms with E-state index in [2.05, 4.69) is 0 Å². The number of halogens is 3. The predicted octanol–water partition coefficient (Wildman–Crippen LogP) is 3.88. The molecule has 3 unspecified atom stereocenters. The molecule has 2 bridgehead atoms. The molecule has 35 heavy (non-hydrogen) atoms. The number of hydroxylamine groups is 3. The monoisotopic (exact) mass is 497 g/mol. The zero-order chi connectivity index (χ0) is 24.8. The Balaban J connectivity index is 1.51. The Labute approximate surface area is 201 Å². The largest absolute Gasteiger partial charge is 0.632 e. The molecular weight excluding hydrogens is 467 g/mol. The maximum atomic E-state index is 14.5. The molecule has 1 N–H and O–H groups in total. The Kier molecular flexibility index (Phi) is 5.00. The molecule has 1 aromatic rings. The summed E-state index contributed by atoms with van der Waals surface area (Å²) >= 11 is 0. The van der Waals surface area contributed by atoms with Crippen molar-refractivity contribution in [2.75, 3.05) is 19.7 Å². The number of rotatable bonds is 6. The van der Waals surface area contributed by atoms with Crippen LogP contribution in [-0.4, -0.2) is 65.4 Å². The molecule has 1 aromatic carbocycles. The van der Waals surface area contributed by atoms with Crippen LogP contribution in [0.25, 0.3) is 0 Å². The highest BCUT2D eigenvalue weighted by atomic mass is 19.4. The second-order valence-electron chi connectivity index (χ2n) is 10.9. The molecular formula is C25H30F3NO6. The molecule has 6 atom stereocenters. The third kappa shape index (κ3) is 3.12. The van der Waals surface area contributed by atoms with Crippen molar-refractivity contribution in [1.29, 1.82) is 0 Å². The van der Waals surface area contributed by atoms with Gasteiger partial charge < -0.3 is 29.2 Å². The van der Waals surface area contributed by atoms with Gasteiger partial charge in [-0.05, 0) is 43.7 Å². The fraction of sp³-hybridized carbons (Fsp3) is 0.720. The highest BCUT2D eigenvalue weighted by Gasteiger charge is 2.77. The summed E-state index contributed by atoms with van der Waals surface area (Å²) in [5.74, 6) is -1.75. The van der Waals surface area contributed by atoms with Crippen molar-refractivity contribution in [3.05, 3.63) is 28.5 Å². The minimum absolute atomic E-state index is 0.0853. The average molecular weight is 498 g/mol. The van der Waals surface area contributed by atoms with E-state index in [9.17, 15) is 28.3 Å². The van der Waals surface area contributed by atoms with Crippen molar-refractivity contribution in [3.8, 4) is 11.5 Å². The first-order valence-electron chi connectivity index (χ1n) is 12.6. The van der Waals surface area contributed by atoms with E-state index in [0.717, 1.165) is 24.0 Å². The van der Waals surface area contributed by atoms with E-state index in [4.69, 9.17) is 14.2 Å². The number of phenols is 1. The lowest BCUT2D eigenvalue weighted by Crippen LogP contribution is -2.81. The third-order valence-electron chi connectivity index (χ3n) is 9.01. The number of alkyl halides is 3. The maximum absolute atomic E-state index is 14.5. The van der Waals surface area contributed by atoms with Crippen LogP contribution in [0.3, 0.4) is 0 Å². The van der Waals surface area contributed by atoms with Gasteiger partial charge in [-0.2, -0.15) is 13.2 Å². The van der Waals surface area contributed by atoms with Gasteiger partial charge >= 0.3 is 12.1 Å². The molecule has 7 nitrogen and oxygen atoms in total. The Morgan fingerprint density at radius 3 is 2.74 bits per heavy atom. The van der Waals surface area contributed by atoms with Gasteiger partial charge in [0.15, 0.2) is 11.5 Å². The zero-order valence-corrected chi connectivity index (χ0v) is 19.6. The van der Waals surface area contributed by atoms with Gasteiger partial charge in [0.1, 0.15) is 23.9 Å². The van der Waals surface area contributed by atoms with Crippen LogP contribution in [0.4, 0.5) is 13.2 Å². The van der Waals surface area contributed by atoms with E-state index in [1.807, 2.05) is 6.92 Å². The van der Waals surface area contributed by atoms with Crippen LogP contribution in [0, 0.1) is 11.1 Å². The second kappa shape index (κ2) is 7.49. The van der Waals surface area contributed by atoms with Crippen LogP contribution in [-0.2, 0) is 26.1 Å². The van der Waals surface area contributed by atoms with Crippen molar-refractivity contribution in [2.24, 2.45) is 5.92 Å². The quantitative estimate of drug-likeness (QED) is 0.365. The number of carbonyl (C=O) groups excluding carboxylic acids is 1. The van der Waals surface area contributed by atoms with Crippen LogP contribution in [0.1, 0.15) is 56.6 Å². The first-order chi connectivity index (χ1) is 16.6. The number of piperidine rings is 1. The van der Waals surface area contributed by atoms with Crippen LogP contribution < -0.4 is 4.74 Å². The fourth-order valence-electron chi connectivity index (χ4n) is 7.58. The minimum atomic E-state index is -5.13. The van der Waals surface area contributed by atoms with Gasteiger partial charge in [-0.1, -0.05) is 13.0 Å². The number of benzene rings is 1. The summed E-state index contributed by atoms with van der Waals surface area (Å²) in [6, 6.07) is 2.85. The van der Waals surface area contributed by atoms with Gasteiger partial charge in [-0.3, -0.25) is 0 Å². The number of nitrogens with zero attached hydrogens (tertiary/aromatic N) is 1. The fourth-order valence-corrected chi connectivity index (χ4v) is 7.58. The van der Waals surface area contributed by atoms with Crippen molar-refractivity contribution >= 4 is 5.97 Å². The average Bonchev–Trinajstić information content (AvgIpc) is 3.53. The molecule has 1 saturated heterocycles. The number of carbonyl (C=O) groups is 1. The Hall–Kier alpha value is -2.04. The molecule has 5 aliphatic rings. The molecule has 0 radical (unpaired) electrons. The van der Waals surface area contributed by atoms with Gasteiger partial charge in [0.2, 0.25) is 0 Å². The molecule has 0 amide bonds. The van der Waals surface area contributed by atoms with Gasteiger partial charge in [-0.25, -0.2) is 4.79 Å². The van der Waals surface area contributed by atoms with E-state index in [0.29, 0.717) is 38.3 Å². The summed E-state index contributed by atoms with van der Waals surface area (Å²) in [7, 11) is 0. The standard InChI is InChI=1S/C25H30F3NO6/c1-2-11-33-24-8-7-17(34-22(31)25(26,27)28)21-23(24)9-10-29(32,13-14-3-4-14)18(24)12-15-5-6-16(30)20(35-21)19(15)23/h5-6,14,17-18,21,30H,2-4,7-13H2,1H3/t17?,18-,21?,23+,24-,29?/m1/s1. The lowest BCUT2D eigenvalue weighted by Gasteiger charge is -2.69. The molecule has 10 heteroatoms. The summed E-state index contributed by atoms with van der Waals surface area (Å²) in [6.45, 7) is 3.16. The highest BCUT2D eigenvalue weighted by Crippen LogP contribution is 2.68. The molecule has 192 valence electrons. The number of quaternary nitrogens is 1. The predicted molar refractivity (Wildman–Crippen MR) is 117 cm³/mol. The first kappa shape index (κ1) is 23.4. The number of hydrogen-bond donors (Lipinski definition) is 1. The Morgan fingerprint density at radius 2 is 2.06 bits per heavy atom. The lowest BCUT2D eigenvalue weighted by molar-refractivity contribution is -0.924. The highest BCUT2D eigenvalue weighted by molar-refractivity contribution is 5.76. The van der Waals surface area contributed by atoms with Crippen LogP contribution >= 0.6 is 0 Å². The van der Waals surface area contributed by atoms with E-state index in [-0.39, 0.29) is 35.5 Å². The van der Waals surface area contributed by atoms with Crippen molar-refractivity contribution in [2.45, 2.75) is 87.3 Å². The van der Waals surface area contributed by atoms with Gasteiger partial charge in [-0.15, -0.1) is 0 Å². The van der Waals surface area contributed by atoms with Gasteiger partial charge in [0.05, 0.1) is 18.5 Å². The summed E-state index contributed by atoms with van der Waals surface area (Å²) in [4.78, 5) is 11.8. The van der Waals surface area contributed by atoms with Crippen molar-refractivity contribution in [3.63, 3.8) is 0 Å². The summed E-state index contributed by atoms with van der Waals surface area (Å²) < 4.78 is 56.9. The normalized spacial score (nSPS) is 39.1. The lowest BCUT2D eigenvalue weighted by atomic mass is 9.48. The molecule has 0 aromatic heterocycles. The van der Waals surface area contributed by atoms with Crippen molar-refractivity contribution in [1.82, 2.24) is 0 Å². The molecule has 1 spiro atoms. The van der Waals surface area contributed by atoms with E-state index in [1.54, 1.807) is 6.07 Å². The molecule has 2 heterocycles. The first-order valence-corrected chi connectivity index (χ1v) is 12.6. The van der Waals surface area contributed by atoms with Crippen LogP contribution in [0.2, 0.25) is 0 Å². The number of ether oxygens (including phenoxy) is 3. The van der Waals surface area contributed by atoms with Gasteiger partial charge in [0, 0.05) is 30.9 Å². The van der Waals surface area contributed by atoms with Crippen LogP contribution in [0.15, 0.2) is 12.1 Å². The number of aromatic hydroxyl groups is 1. The summed E-state index contributed by atoms with van der Waals surface area (Å²) in [5, 5.41) is 25.1. The maximum Gasteiger partial charge on any atom is 0.490 e.